The van der Waals surface area contributed by atoms with Crippen LogP contribution in [-0.4, -0.2) is 11.0 Å². The molecule has 1 heterocycles. The number of aliphatic hydroxyl groups excluding tert-OH is 1. The van der Waals surface area contributed by atoms with E-state index in [2.05, 4.69) is 5.32 Å². The van der Waals surface area contributed by atoms with Gasteiger partial charge in [0, 0.05) is 16.6 Å². The van der Waals surface area contributed by atoms with Crippen molar-refractivity contribution in [1.82, 2.24) is 0 Å². The number of hydrogen-bond donors (Lipinski definition) is 2. The number of allylic oxidation sites excluding steroid dienone is 4. The molecule has 2 aliphatic rings. The van der Waals surface area contributed by atoms with Crippen molar-refractivity contribution in [3.8, 4) is 6.07 Å². The van der Waals surface area contributed by atoms with Gasteiger partial charge in [0.15, 0.2) is 0 Å². The number of hydrogen-bond acceptors (Lipinski definition) is 3. The molecule has 1 amide bonds. The number of nitrogens with zero attached hydrogens (tertiary/aromatic N) is 1. The molecule has 1 aliphatic heterocycles. The van der Waals surface area contributed by atoms with Gasteiger partial charge in [0.05, 0.1) is 29.2 Å². The SMILES string of the molecule is N#CC[C@]1(C2CC(Cl)=CC=C2O)C(=O)Nc2cc(C(F)(F)F)ccc21. The predicted octanol–water partition coefficient (Wildman–Crippen LogP) is 4.39. The van der Waals surface area contributed by atoms with Crippen LogP contribution in [0.5, 0.6) is 0 Å². The number of nitriles is 1. The zero-order chi connectivity index (χ0) is 18.4. The summed E-state index contributed by atoms with van der Waals surface area (Å²) in [6, 6.07) is 4.81. The molecule has 2 atom stereocenters. The fourth-order valence-corrected chi connectivity index (χ4v) is 3.64. The molecule has 1 aliphatic carbocycles. The van der Waals surface area contributed by atoms with Crippen LogP contribution in [0.3, 0.4) is 0 Å². The molecule has 0 spiro atoms. The molecular weight excluding hydrogens is 357 g/mol. The van der Waals surface area contributed by atoms with Crippen molar-refractivity contribution >= 4 is 23.2 Å². The smallest absolute Gasteiger partial charge is 0.416 e. The quantitative estimate of drug-likeness (QED) is 0.813. The Balaban J connectivity index is 2.17. The van der Waals surface area contributed by atoms with E-state index in [-0.39, 0.29) is 29.9 Å². The third kappa shape index (κ3) is 2.67. The second-order valence-electron chi connectivity index (χ2n) is 5.98. The maximum atomic E-state index is 12.9. The van der Waals surface area contributed by atoms with Crippen molar-refractivity contribution in [2.24, 2.45) is 5.92 Å². The van der Waals surface area contributed by atoms with Crippen LogP contribution in [0.15, 0.2) is 41.1 Å². The van der Waals surface area contributed by atoms with Crippen molar-refractivity contribution < 1.29 is 23.1 Å². The molecule has 8 heteroatoms. The highest BCUT2D eigenvalue weighted by Gasteiger charge is 2.54. The Bertz CT molecular complexity index is 854. The van der Waals surface area contributed by atoms with Crippen LogP contribution in [0, 0.1) is 17.2 Å². The summed E-state index contributed by atoms with van der Waals surface area (Å²) in [6.07, 6.45) is -1.93. The zero-order valence-electron chi connectivity index (χ0n) is 12.7. The van der Waals surface area contributed by atoms with Gasteiger partial charge in [-0.1, -0.05) is 17.7 Å². The molecule has 0 saturated heterocycles. The Hall–Kier alpha value is -2.46. The number of carbonyl (C=O) groups excluding carboxylic acids is 1. The fraction of sp³-hybridized carbons (Fsp3) is 0.294. The van der Waals surface area contributed by atoms with Gasteiger partial charge in [-0.25, -0.2) is 0 Å². The number of aliphatic hydroxyl groups is 1. The maximum absolute atomic E-state index is 12.9. The number of amides is 1. The number of nitrogens with one attached hydrogen (secondary N) is 1. The van der Waals surface area contributed by atoms with Crippen molar-refractivity contribution in [1.29, 1.82) is 5.26 Å². The number of fused-ring (bicyclic) bond motifs is 1. The minimum absolute atomic E-state index is 0.00597. The van der Waals surface area contributed by atoms with Gasteiger partial charge in [0.2, 0.25) is 5.91 Å². The van der Waals surface area contributed by atoms with Gasteiger partial charge in [0.1, 0.15) is 0 Å². The highest BCUT2D eigenvalue weighted by atomic mass is 35.5. The van der Waals surface area contributed by atoms with E-state index in [1.165, 1.54) is 18.2 Å². The molecule has 0 bridgehead atoms. The molecular formula is C17H12ClF3N2O2. The highest BCUT2D eigenvalue weighted by molar-refractivity contribution is 6.29. The molecule has 130 valence electrons. The largest absolute Gasteiger partial charge is 0.512 e. The Morgan fingerprint density at radius 3 is 2.76 bits per heavy atom. The Kier molecular flexibility index (Phi) is 4.04. The van der Waals surface area contributed by atoms with Crippen LogP contribution in [0.2, 0.25) is 0 Å². The Morgan fingerprint density at radius 2 is 2.12 bits per heavy atom. The third-order valence-electron chi connectivity index (χ3n) is 4.62. The predicted molar refractivity (Wildman–Crippen MR) is 84.7 cm³/mol. The molecule has 4 nitrogen and oxygen atoms in total. The molecule has 1 unspecified atom stereocenters. The topological polar surface area (TPSA) is 73.1 Å². The Morgan fingerprint density at radius 1 is 1.40 bits per heavy atom. The number of rotatable bonds is 2. The fourth-order valence-electron chi connectivity index (χ4n) is 3.42. The summed E-state index contributed by atoms with van der Waals surface area (Å²) in [6.45, 7) is 0. The van der Waals surface area contributed by atoms with E-state index in [1.54, 1.807) is 0 Å². The molecule has 0 radical (unpaired) electrons. The summed E-state index contributed by atoms with van der Waals surface area (Å²) in [5.41, 5.74) is -2.15. The van der Waals surface area contributed by atoms with Crippen LogP contribution >= 0.6 is 11.6 Å². The number of alkyl halides is 3. The third-order valence-corrected chi connectivity index (χ3v) is 4.91. The second kappa shape index (κ2) is 5.81. The van der Waals surface area contributed by atoms with Gasteiger partial charge in [-0.2, -0.15) is 18.4 Å². The minimum Gasteiger partial charge on any atom is -0.512 e. The van der Waals surface area contributed by atoms with Crippen molar-refractivity contribution in [3.05, 3.63) is 52.3 Å². The average molecular weight is 369 g/mol. The van der Waals surface area contributed by atoms with Gasteiger partial charge in [-0.15, -0.1) is 0 Å². The van der Waals surface area contributed by atoms with E-state index < -0.39 is 29.0 Å². The van der Waals surface area contributed by atoms with Gasteiger partial charge >= 0.3 is 6.18 Å². The van der Waals surface area contributed by atoms with Crippen LogP contribution < -0.4 is 5.32 Å². The number of carbonyl (C=O) groups is 1. The first-order valence-electron chi connectivity index (χ1n) is 7.35. The number of benzene rings is 1. The molecule has 0 fully saturated rings. The zero-order valence-corrected chi connectivity index (χ0v) is 13.4. The summed E-state index contributed by atoms with van der Waals surface area (Å²) in [5.74, 6) is -1.59. The molecule has 0 saturated carbocycles. The molecule has 2 N–H and O–H groups in total. The lowest BCUT2D eigenvalue weighted by molar-refractivity contribution is -0.137. The molecule has 25 heavy (non-hydrogen) atoms. The maximum Gasteiger partial charge on any atom is 0.416 e. The summed E-state index contributed by atoms with van der Waals surface area (Å²) in [5, 5.41) is 22.3. The van der Waals surface area contributed by atoms with Gasteiger partial charge in [-0.3, -0.25) is 4.79 Å². The van der Waals surface area contributed by atoms with Crippen LogP contribution in [0.1, 0.15) is 24.0 Å². The summed E-state index contributed by atoms with van der Waals surface area (Å²) in [7, 11) is 0. The highest BCUT2D eigenvalue weighted by Crippen LogP contribution is 2.51. The van der Waals surface area contributed by atoms with E-state index in [1.807, 2.05) is 6.07 Å². The van der Waals surface area contributed by atoms with Crippen molar-refractivity contribution in [2.45, 2.75) is 24.4 Å². The van der Waals surface area contributed by atoms with E-state index in [9.17, 15) is 28.3 Å². The summed E-state index contributed by atoms with van der Waals surface area (Å²) >= 11 is 6.02. The van der Waals surface area contributed by atoms with Gasteiger partial charge in [0.25, 0.3) is 0 Å². The standard InChI is InChI=1S/C17H12ClF3N2O2/c18-10-2-4-14(24)12(8-10)16(5-6-22)11-3-1-9(17(19,20)21)7-13(11)23-15(16)25/h1-4,7,12,24H,5,8H2,(H,23,25)/t12?,16-/m0/s1. The summed E-state index contributed by atoms with van der Waals surface area (Å²) in [4.78, 5) is 12.7. The molecule has 1 aromatic carbocycles. The first-order valence-corrected chi connectivity index (χ1v) is 7.73. The minimum atomic E-state index is -4.56. The van der Waals surface area contributed by atoms with Gasteiger partial charge < -0.3 is 10.4 Å². The van der Waals surface area contributed by atoms with Crippen LogP contribution in [-0.2, 0) is 16.4 Å². The first kappa shape index (κ1) is 17.4. The normalized spacial score (nSPS) is 25.6. The number of halogens is 4. The lowest BCUT2D eigenvalue weighted by atomic mass is 9.66. The van der Waals surface area contributed by atoms with Crippen molar-refractivity contribution in [3.63, 3.8) is 0 Å². The van der Waals surface area contributed by atoms with E-state index in [0.29, 0.717) is 5.03 Å². The van der Waals surface area contributed by atoms with Crippen LogP contribution in [0.25, 0.3) is 0 Å². The van der Waals surface area contributed by atoms with Crippen LogP contribution in [0.4, 0.5) is 18.9 Å². The average Bonchev–Trinajstić information content (AvgIpc) is 2.81. The first-order chi connectivity index (χ1) is 11.7. The lowest BCUT2D eigenvalue weighted by Crippen LogP contribution is -2.43. The second-order valence-corrected chi connectivity index (χ2v) is 6.47. The molecule has 0 aromatic heterocycles. The molecule has 3 rings (SSSR count). The van der Waals surface area contributed by atoms with Crippen molar-refractivity contribution in [2.75, 3.05) is 5.32 Å². The van der Waals surface area contributed by atoms with E-state index in [0.717, 1.165) is 12.1 Å². The van der Waals surface area contributed by atoms with E-state index in [4.69, 9.17) is 11.6 Å². The summed E-state index contributed by atoms with van der Waals surface area (Å²) < 4.78 is 38.8. The monoisotopic (exact) mass is 368 g/mol. The number of anilines is 1. The Labute approximate surface area is 146 Å². The lowest BCUT2D eigenvalue weighted by Gasteiger charge is -2.35. The van der Waals surface area contributed by atoms with Gasteiger partial charge in [-0.05, 0) is 36.3 Å². The molecule has 1 aromatic rings. The van der Waals surface area contributed by atoms with E-state index >= 15 is 0 Å².